The molecule has 10 heteroatoms. The summed E-state index contributed by atoms with van der Waals surface area (Å²) >= 11 is 0. The number of fused-ring (bicyclic) bond motifs is 1. The Hall–Kier alpha value is -3.76. The van der Waals surface area contributed by atoms with Gasteiger partial charge in [0.2, 0.25) is 0 Å². The zero-order valence-corrected chi connectivity index (χ0v) is 19.1. The number of anilines is 3. The maximum atomic E-state index is 6.57. The topological polar surface area (TPSA) is 116 Å². The van der Waals surface area contributed by atoms with E-state index in [0.29, 0.717) is 31.3 Å². The van der Waals surface area contributed by atoms with Crippen molar-refractivity contribution in [1.82, 2.24) is 24.3 Å². The van der Waals surface area contributed by atoms with E-state index < -0.39 is 0 Å². The quantitative estimate of drug-likeness (QED) is 0.409. The Labute approximate surface area is 197 Å². The second-order valence-corrected chi connectivity index (χ2v) is 8.18. The molecule has 4 aromatic heterocycles. The van der Waals surface area contributed by atoms with Gasteiger partial charge in [0.25, 0.3) is 0 Å². The van der Waals surface area contributed by atoms with Crippen molar-refractivity contribution < 1.29 is 9.47 Å². The molecule has 5 heterocycles. The summed E-state index contributed by atoms with van der Waals surface area (Å²) in [6, 6.07) is 7.57. The van der Waals surface area contributed by atoms with Gasteiger partial charge in [-0.25, -0.2) is 15.0 Å². The number of methoxy groups -OCH3 is 1. The SMILES string of the molecule is COc1cncc(CC[C@@H](N)c2nc(Nc3ccn4ccnc4c3)cc(N3CCOCC3)n2)c1. The molecule has 1 aliphatic heterocycles. The number of aryl methyl sites for hydroxylation is 1. The first-order chi connectivity index (χ1) is 16.7. The molecule has 0 aliphatic carbocycles. The standard InChI is InChI=1S/C24H28N8O2/c1-33-19-12-17(15-26-16-19)2-3-20(25)24-29-21(14-23(30-24)32-8-10-34-11-9-32)28-18-4-6-31-7-5-27-22(31)13-18/h4-7,12-16,20H,2-3,8-11,25H2,1H3,(H,28,29,30)/t20-/m1/s1. The van der Waals surface area contributed by atoms with E-state index in [1.54, 1.807) is 19.5 Å². The number of rotatable bonds is 8. The Morgan fingerprint density at radius 3 is 2.88 bits per heavy atom. The molecular formula is C24H28N8O2. The Kier molecular flexibility index (Phi) is 6.50. The summed E-state index contributed by atoms with van der Waals surface area (Å²) in [5.74, 6) is 2.87. The third kappa shape index (κ3) is 5.08. The van der Waals surface area contributed by atoms with Gasteiger partial charge in [-0.2, -0.15) is 0 Å². The lowest BCUT2D eigenvalue weighted by molar-refractivity contribution is 0.122. The van der Waals surface area contributed by atoms with E-state index in [2.05, 4.69) is 20.2 Å². The number of nitrogens with zero attached hydrogens (tertiary/aromatic N) is 6. The van der Waals surface area contributed by atoms with Crippen molar-refractivity contribution in [2.24, 2.45) is 5.73 Å². The van der Waals surface area contributed by atoms with E-state index in [1.165, 1.54) is 0 Å². The molecule has 0 radical (unpaired) electrons. The minimum absolute atomic E-state index is 0.331. The third-order valence-electron chi connectivity index (χ3n) is 5.82. The van der Waals surface area contributed by atoms with Crippen molar-refractivity contribution in [2.75, 3.05) is 43.6 Å². The maximum absolute atomic E-state index is 6.57. The molecule has 1 saturated heterocycles. The summed E-state index contributed by atoms with van der Waals surface area (Å²) in [4.78, 5) is 20.4. The van der Waals surface area contributed by atoms with Crippen LogP contribution in [0.2, 0.25) is 0 Å². The Morgan fingerprint density at radius 1 is 1.15 bits per heavy atom. The van der Waals surface area contributed by atoms with Crippen molar-refractivity contribution >= 4 is 23.0 Å². The van der Waals surface area contributed by atoms with Crippen molar-refractivity contribution in [1.29, 1.82) is 0 Å². The Morgan fingerprint density at radius 2 is 2.03 bits per heavy atom. The van der Waals surface area contributed by atoms with E-state index in [4.69, 9.17) is 25.2 Å². The van der Waals surface area contributed by atoms with Gasteiger partial charge < -0.3 is 29.8 Å². The van der Waals surface area contributed by atoms with Crippen LogP contribution >= 0.6 is 0 Å². The monoisotopic (exact) mass is 460 g/mol. The van der Waals surface area contributed by atoms with Crippen LogP contribution in [0.4, 0.5) is 17.3 Å². The Balaban J connectivity index is 1.39. The van der Waals surface area contributed by atoms with Gasteiger partial charge in [0.05, 0.1) is 32.6 Å². The van der Waals surface area contributed by atoms with Crippen LogP contribution in [0.3, 0.4) is 0 Å². The van der Waals surface area contributed by atoms with Crippen LogP contribution in [0.15, 0.2) is 55.2 Å². The Bertz CT molecular complexity index is 1250. The van der Waals surface area contributed by atoms with Crippen molar-refractivity contribution in [3.63, 3.8) is 0 Å². The average molecular weight is 461 g/mol. The molecular weight excluding hydrogens is 432 g/mol. The molecule has 5 rings (SSSR count). The van der Waals surface area contributed by atoms with Crippen LogP contribution in [0.25, 0.3) is 5.65 Å². The number of nitrogens with two attached hydrogens (primary N) is 1. The summed E-state index contributed by atoms with van der Waals surface area (Å²) in [5.41, 5.74) is 9.39. The van der Waals surface area contributed by atoms with Crippen LogP contribution < -0.4 is 20.7 Å². The summed E-state index contributed by atoms with van der Waals surface area (Å²) < 4.78 is 12.7. The highest BCUT2D eigenvalue weighted by Gasteiger charge is 2.18. The fraction of sp³-hybridized carbons (Fsp3) is 0.333. The lowest BCUT2D eigenvalue weighted by Crippen LogP contribution is -2.37. The molecule has 0 spiro atoms. The minimum Gasteiger partial charge on any atom is -0.495 e. The highest BCUT2D eigenvalue weighted by Crippen LogP contribution is 2.25. The molecule has 0 saturated carbocycles. The van der Waals surface area contributed by atoms with Crippen LogP contribution in [-0.4, -0.2) is 57.7 Å². The molecule has 176 valence electrons. The van der Waals surface area contributed by atoms with Gasteiger partial charge in [-0.15, -0.1) is 0 Å². The van der Waals surface area contributed by atoms with E-state index >= 15 is 0 Å². The second kappa shape index (κ2) is 10.0. The summed E-state index contributed by atoms with van der Waals surface area (Å²) in [5, 5.41) is 3.41. The van der Waals surface area contributed by atoms with Gasteiger partial charge in [-0.3, -0.25) is 4.98 Å². The molecule has 1 aliphatic rings. The molecule has 0 unspecified atom stereocenters. The van der Waals surface area contributed by atoms with E-state index in [-0.39, 0.29) is 6.04 Å². The molecule has 0 bridgehead atoms. The maximum Gasteiger partial charge on any atom is 0.149 e. The zero-order chi connectivity index (χ0) is 23.3. The molecule has 1 fully saturated rings. The van der Waals surface area contributed by atoms with Gasteiger partial charge in [-0.1, -0.05) is 0 Å². The van der Waals surface area contributed by atoms with Gasteiger partial charge in [0.1, 0.15) is 28.9 Å². The zero-order valence-electron chi connectivity index (χ0n) is 19.1. The van der Waals surface area contributed by atoms with Crippen LogP contribution in [0, 0.1) is 0 Å². The average Bonchev–Trinajstić information content (AvgIpc) is 3.36. The normalized spacial score (nSPS) is 14.8. The van der Waals surface area contributed by atoms with E-state index in [1.807, 2.05) is 47.3 Å². The van der Waals surface area contributed by atoms with Gasteiger partial charge >= 0.3 is 0 Å². The lowest BCUT2D eigenvalue weighted by Gasteiger charge is -2.28. The van der Waals surface area contributed by atoms with E-state index in [9.17, 15) is 0 Å². The van der Waals surface area contributed by atoms with Gasteiger partial charge in [-0.05, 0) is 30.5 Å². The first kappa shape index (κ1) is 22.1. The molecule has 10 nitrogen and oxygen atoms in total. The van der Waals surface area contributed by atoms with Crippen molar-refractivity contribution in [3.05, 3.63) is 66.6 Å². The first-order valence-corrected chi connectivity index (χ1v) is 11.3. The summed E-state index contributed by atoms with van der Waals surface area (Å²) in [6.07, 6.45) is 10.6. The highest BCUT2D eigenvalue weighted by molar-refractivity contribution is 5.63. The minimum atomic E-state index is -0.331. The van der Waals surface area contributed by atoms with Crippen LogP contribution in [0.1, 0.15) is 23.9 Å². The molecule has 1 atom stereocenters. The number of hydrogen-bond acceptors (Lipinski definition) is 9. The summed E-state index contributed by atoms with van der Waals surface area (Å²) in [7, 11) is 1.64. The number of imidazole rings is 1. The number of hydrogen-bond donors (Lipinski definition) is 2. The number of nitrogens with one attached hydrogen (secondary N) is 1. The smallest absolute Gasteiger partial charge is 0.149 e. The first-order valence-electron chi connectivity index (χ1n) is 11.3. The second-order valence-electron chi connectivity index (χ2n) is 8.18. The number of aromatic nitrogens is 5. The predicted molar refractivity (Wildman–Crippen MR) is 130 cm³/mol. The lowest BCUT2D eigenvalue weighted by atomic mass is 10.1. The largest absolute Gasteiger partial charge is 0.495 e. The molecule has 34 heavy (non-hydrogen) atoms. The molecule has 0 amide bonds. The number of pyridine rings is 2. The van der Waals surface area contributed by atoms with Crippen LogP contribution in [-0.2, 0) is 11.2 Å². The molecule has 0 aromatic carbocycles. The van der Waals surface area contributed by atoms with Crippen LogP contribution in [0.5, 0.6) is 5.75 Å². The van der Waals surface area contributed by atoms with E-state index in [0.717, 1.165) is 48.0 Å². The third-order valence-corrected chi connectivity index (χ3v) is 5.82. The predicted octanol–water partition coefficient (Wildman–Crippen LogP) is 2.74. The van der Waals surface area contributed by atoms with Crippen molar-refractivity contribution in [2.45, 2.75) is 18.9 Å². The van der Waals surface area contributed by atoms with Gasteiger partial charge in [0, 0.05) is 55.7 Å². The molecule has 3 N–H and O–H groups in total. The summed E-state index contributed by atoms with van der Waals surface area (Å²) in [6.45, 7) is 2.91. The van der Waals surface area contributed by atoms with Gasteiger partial charge in [0.15, 0.2) is 0 Å². The fourth-order valence-corrected chi connectivity index (χ4v) is 3.94. The fourth-order valence-electron chi connectivity index (χ4n) is 3.94. The number of ether oxygens (including phenoxy) is 2. The number of morpholine rings is 1. The highest BCUT2D eigenvalue weighted by atomic mass is 16.5. The molecule has 4 aromatic rings. The van der Waals surface area contributed by atoms with Crippen molar-refractivity contribution in [3.8, 4) is 5.75 Å².